The van der Waals surface area contributed by atoms with Gasteiger partial charge in [-0.3, -0.25) is 10.2 Å². The number of amides is 1. The van der Waals surface area contributed by atoms with Gasteiger partial charge in [0, 0.05) is 12.8 Å². The lowest BCUT2D eigenvalue weighted by atomic mass is 10.1. The molecule has 0 saturated carbocycles. The predicted octanol–water partition coefficient (Wildman–Crippen LogP) is 1.36. The summed E-state index contributed by atoms with van der Waals surface area (Å²) in [6, 6.07) is 7.65. The number of nitrogens with one attached hydrogen (secondary N) is 1. The van der Waals surface area contributed by atoms with Crippen LogP contribution in [0.25, 0.3) is 0 Å². The fourth-order valence-corrected chi connectivity index (χ4v) is 1.57. The maximum atomic E-state index is 10.9. The zero-order valence-electron chi connectivity index (χ0n) is 11.1. The van der Waals surface area contributed by atoms with Crippen molar-refractivity contribution in [2.45, 2.75) is 32.6 Å². The highest BCUT2D eigenvalue weighted by Crippen LogP contribution is 2.14. The van der Waals surface area contributed by atoms with Gasteiger partial charge in [0.25, 0.3) is 0 Å². The highest BCUT2D eigenvalue weighted by Gasteiger charge is 2.00. The SMILES string of the molecule is CC(=O)CCc1ccc(OCCCC(=O)NN)cc1. The molecule has 0 radical (unpaired) electrons. The van der Waals surface area contributed by atoms with E-state index in [1.165, 1.54) is 0 Å². The first-order valence-electron chi connectivity index (χ1n) is 6.32. The number of ether oxygens (including phenoxy) is 1. The lowest BCUT2D eigenvalue weighted by Gasteiger charge is -2.06. The average molecular weight is 264 g/mol. The Morgan fingerprint density at radius 3 is 2.47 bits per heavy atom. The minimum absolute atomic E-state index is 0.191. The largest absolute Gasteiger partial charge is 0.494 e. The quantitative estimate of drug-likeness (QED) is 0.321. The van der Waals surface area contributed by atoms with E-state index in [4.69, 9.17) is 10.6 Å². The molecule has 3 N–H and O–H groups in total. The van der Waals surface area contributed by atoms with Gasteiger partial charge in [-0.05, 0) is 37.5 Å². The van der Waals surface area contributed by atoms with Gasteiger partial charge in [-0.25, -0.2) is 5.84 Å². The number of hydrazine groups is 1. The van der Waals surface area contributed by atoms with Crippen LogP contribution >= 0.6 is 0 Å². The molecule has 0 spiro atoms. The van der Waals surface area contributed by atoms with Crippen LogP contribution in [0.4, 0.5) is 0 Å². The highest BCUT2D eigenvalue weighted by molar-refractivity contribution is 5.75. The van der Waals surface area contributed by atoms with Gasteiger partial charge in [-0.1, -0.05) is 12.1 Å². The van der Waals surface area contributed by atoms with Gasteiger partial charge in [-0.2, -0.15) is 0 Å². The molecule has 19 heavy (non-hydrogen) atoms. The molecule has 1 amide bonds. The molecule has 0 heterocycles. The van der Waals surface area contributed by atoms with Gasteiger partial charge in [0.1, 0.15) is 11.5 Å². The summed E-state index contributed by atoms with van der Waals surface area (Å²) in [5, 5.41) is 0. The molecule has 5 heteroatoms. The van der Waals surface area contributed by atoms with Crippen LogP contribution in [0.2, 0.25) is 0 Å². The number of Topliss-reactive ketones (excluding diaryl/α,β-unsaturated/α-hetero) is 1. The number of rotatable bonds is 8. The van der Waals surface area contributed by atoms with Crippen molar-refractivity contribution in [3.63, 3.8) is 0 Å². The Morgan fingerprint density at radius 1 is 1.21 bits per heavy atom. The van der Waals surface area contributed by atoms with E-state index in [-0.39, 0.29) is 11.7 Å². The predicted molar refractivity (Wildman–Crippen MR) is 72.5 cm³/mol. The van der Waals surface area contributed by atoms with Gasteiger partial charge >= 0.3 is 0 Å². The maximum absolute atomic E-state index is 10.9. The first-order valence-corrected chi connectivity index (χ1v) is 6.32. The van der Waals surface area contributed by atoms with Crippen LogP contribution in [0.1, 0.15) is 31.7 Å². The molecule has 1 rings (SSSR count). The Hall–Kier alpha value is -1.88. The molecule has 0 unspecified atom stereocenters. The summed E-state index contributed by atoms with van der Waals surface area (Å²) < 4.78 is 5.49. The van der Waals surface area contributed by atoms with Crippen LogP contribution in [-0.4, -0.2) is 18.3 Å². The Balaban J connectivity index is 2.28. The third-order valence-electron chi connectivity index (χ3n) is 2.67. The molecule has 0 aliphatic carbocycles. The van der Waals surface area contributed by atoms with Crippen molar-refractivity contribution in [2.75, 3.05) is 6.61 Å². The molecule has 0 saturated heterocycles. The molecule has 5 nitrogen and oxygen atoms in total. The van der Waals surface area contributed by atoms with Gasteiger partial charge in [0.05, 0.1) is 6.61 Å². The number of carbonyl (C=O) groups is 2. The fourth-order valence-electron chi connectivity index (χ4n) is 1.57. The summed E-state index contributed by atoms with van der Waals surface area (Å²) in [5.41, 5.74) is 3.19. The van der Waals surface area contributed by atoms with Gasteiger partial charge in [0.2, 0.25) is 5.91 Å². The molecule has 1 aromatic carbocycles. The first-order chi connectivity index (χ1) is 9.11. The lowest BCUT2D eigenvalue weighted by Crippen LogP contribution is -2.29. The van der Waals surface area contributed by atoms with Crippen LogP contribution in [0.3, 0.4) is 0 Å². The third kappa shape index (κ3) is 6.57. The van der Waals surface area contributed by atoms with Crippen molar-refractivity contribution >= 4 is 11.7 Å². The second-order valence-electron chi connectivity index (χ2n) is 4.37. The molecule has 0 aliphatic heterocycles. The van der Waals surface area contributed by atoms with E-state index < -0.39 is 0 Å². The first kappa shape index (κ1) is 15.2. The minimum Gasteiger partial charge on any atom is -0.494 e. The zero-order chi connectivity index (χ0) is 14.1. The summed E-state index contributed by atoms with van der Waals surface area (Å²) in [6.07, 6.45) is 2.29. The Kier molecular flexibility index (Phi) is 6.60. The van der Waals surface area contributed by atoms with Crippen molar-refractivity contribution in [1.29, 1.82) is 0 Å². The molecule has 0 fully saturated rings. The third-order valence-corrected chi connectivity index (χ3v) is 2.67. The van der Waals surface area contributed by atoms with Crippen LogP contribution in [0.5, 0.6) is 5.75 Å². The number of ketones is 1. The monoisotopic (exact) mass is 264 g/mol. The molecule has 0 aliphatic rings. The number of hydrogen-bond acceptors (Lipinski definition) is 4. The Labute approximate surface area is 113 Å². The Morgan fingerprint density at radius 2 is 1.89 bits per heavy atom. The number of aryl methyl sites for hydroxylation is 1. The second kappa shape index (κ2) is 8.26. The zero-order valence-corrected chi connectivity index (χ0v) is 11.1. The Bertz CT molecular complexity index is 415. The van der Waals surface area contributed by atoms with Crippen molar-refractivity contribution in [3.8, 4) is 5.75 Å². The van der Waals surface area contributed by atoms with Gasteiger partial charge in [0.15, 0.2) is 0 Å². The molecule has 0 atom stereocenters. The van der Waals surface area contributed by atoms with Gasteiger partial charge < -0.3 is 9.53 Å². The van der Waals surface area contributed by atoms with Crippen molar-refractivity contribution < 1.29 is 14.3 Å². The standard InChI is InChI=1S/C14H20N2O3/c1-11(17)4-5-12-6-8-13(9-7-12)19-10-2-3-14(18)16-15/h6-9H,2-5,10,15H2,1H3,(H,16,18). The molecule has 0 bridgehead atoms. The summed E-state index contributed by atoms with van der Waals surface area (Å²) in [7, 11) is 0. The van der Waals surface area contributed by atoms with E-state index >= 15 is 0 Å². The van der Waals surface area contributed by atoms with E-state index in [2.05, 4.69) is 5.43 Å². The smallest absolute Gasteiger partial charge is 0.234 e. The molecular formula is C14H20N2O3. The van der Waals surface area contributed by atoms with E-state index in [1.807, 2.05) is 24.3 Å². The normalized spacial score (nSPS) is 10.0. The van der Waals surface area contributed by atoms with Crippen LogP contribution in [0, 0.1) is 0 Å². The fraction of sp³-hybridized carbons (Fsp3) is 0.429. The van der Waals surface area contributed by atoms with E-state index in [0.717, 1.165) is 17.7 Å². The van der Waals surface area contributed by atoms with Crippen molar-refractivity contribution in [3.05, 3.63) is 29.8 Å². The average Bonchev–Trinajstić information content (AvgIpc) is 2.42. The van der Waals surface area contributed by atoms with Crippen LogP contribution in [-0.2, 0) is 16.0 Å². The number of nitrogens with two attached hydrogens (primary N) is 1. The van der Waals surface area contributed by atoms with E-state index in [9.17, 15) is 9.59 Å². The molecule has 104 valence electrons. The summed E-state index contributed by atoms with van der Waals surface area (Å²) in [4.78, 5) is 21.7. The van der Waals surface area contributed by atoms with Crippen LogP contribution < -0.4 is 16.0 Å². The maximum Gasteiger partial charge on any atom is 0.234 e. The topological polar surface area (TPSA) is 81.4 Å². The lowest BCUT2D eigenvalue weighted by molar-refractivity contribution is -0.121. The summed E-state index contributed by atoms with van der Waals surface area (Å²) in [6.45, 7) is 2.06. The molecule has 1 aromatic rings. The van der Waals surface area contributed by atoms with E-state index in [1.54, 1.807) is 6.92 Å². The second-order valence-corrected chi connectivity index (χ2v) is 4.37. The van der Waals surface area contributed by atoms with Gasteiger partial charge in [-0.15, -0.1) is 0 Å². The number of benzene rings is 1. The van der Waals surface area contributed by atoms with E-state index in [0.29, 0.717) is 25.9 Å². The summed E-state index contributed by atoms with van der Waals surface area (Å²) in [5.74, 6) is 5.73. The molecule has 0 aromatic heterocycles. The summed E-state index contributed by atoms with van der Waals surface area (Å²) >= 11 is 0. The van der Waals surface area contributed by atoms with Crippen molar-refractivity contribution in [2.24, 2.45) is 5.84 Å². The van der Waals surface area contributed by atoms with Crippen molar-refractivity contribution in [1.82, 2.24) is 5.43 Å². The van der Waals surface area contributed by atoms with Crippen LogP contribution in [0.15, 0.2) is 24.3 Å². The number of hydrogen-bond donors (Lipinski definition) is 2. The minimum atomic E-state index is -0.191. The highest BCUT2D eigenvalue weighted by atomic mass is 16.5. The molecular weight excluding hydrogens is 244 g/mol. The number of carbonyl (C=O) groups excluding carboxylic acids is 2.